The van der Waals surface area contributed by atoms with Gasteiger partial charge in [-0.25, -0.2) is 0 Å². The molecule has 0 rings (SSSR count). The first kappa shape index (κ1) is 41.2. The first-order chi connectivity index (χ1) is 1.41. The molecule has 0 aromatic heterocycles. The molecule has 0 bridgehead atoms. The zero-order valence-corrected chi connectivity index (χ0v) is 3.57. The fraction of sp³-hybridized carbons (Fsp3) is 1.00. The van der Waals surface area contributed by atoms with E-state index in [0.717, 1.165) is 0 Å². The van der Waals surface area contributed by atoms with Crippen molar-refractivity contribution in [2.75, 3.05) is 6.67 Å². The molecule has 0 aliphatic heterocycles. The van der Waals surface area contributed by atoms with Gasteiger partial charge in [0, 0.05) is 6.67 Å². The van der Waals surface area contributed by atoms with Gasteiger partial charge >= 0.3 is 0 Å². The molecule has 0 heterocycles. The third kappa shape index (κ3) is 745. The zero-order chi connectivity index (χ0) is 2.71. The smallest absolute Gasteiger partial charge is 0.0403 e. The van der Waals surface area contributed by atoms with Gasteiger partial charge in [0.1, 0.15) is 0 Å². The summed E-state index contributed by atoms with van der Waals surface area (Å²) in [5.41, 5.74) is 9.25. The van der Waals surface area contributed by atoms with Gasteiger partial charge in [0.15, 0.2) is 0 Å². The molecule has 5 heteroatoms. The largest absolute Gasteiger partial charge is 0.412 e. The Morgan fingerprint density at radius 1 is 1.00 bits per heavy atom. The van der Waals surface area contributed by atoms with Crippen LogP contribution in [0.2, 0.25) is 0 Å². The minimum Gasteiger partial charge on any atom is -0.412 e. The van der Waals surface area contributed by atoms with E-state index in [9.17, 15) is 0 Å². The van der Waals surface area contributed by atoms with Crippen molar-refractivity contribution in [2.45, 2.75) is 0 Å². The van der Waals surface area contributed by atoms with Crippen LogP contribution in [0.1, 0.15) is 0 Å². The molecule has 0 saturated carbocycles. The Morgan fingerprint density at radius 2 is 1.00 bits per heavy atom. The van der Waals surface area contributed by atoms with Crippen LogP contribution in [0.5, 0.6) is 0 Å². The van der Waals surface area contributed by atoms with Crippen molar-refractivity contribution in [3.05, 3.63) is 0 Å². The molecule has 0 atom stereocenters. The summed E-state index contributed by atoms with van der Waals surface area (Å²) < 4.78 is 0. The maximum Gasteiger partial charge on any atom is 0.0403 e. The molecule has 0 radical (unpaired) electrons. The standard InChI is InChI=1S/CH6N2.H3N.2H2O/c2-1-3;;;/h1-3H2;1H3;2*1H2. The summed E-state index contributed by atoms with van der Waals surface area (Å²) in [6, 6.07) is 0. The molecule has 44 valence electrons. The molecular weight excluding hydrogens is 86.0 g/mol. The second-order valence-electron chi connectivity index (χ2n) is 0.236. The normalized spacial score (nSPS) is 3.00. The predicted molar refractivity (Wildman–Crippen MR) is 25.5 cm³/mol. The Morgan fingerprint density at radius 3 is 1.00 bits per heavy atom. The average Bonchev–Trinajstić information content (AvgIpc) is 0.918. The molecule has 5 nitrogen and oxygen atoms in total. The SMILES string of the molecule is N.NCN.O.O. The van der Waals surface area contributed by atoms with Crippen LogP contribution in [-0.2, 0) is 0 Å². The summed E-state index contributed by atoms with van der Waals surface area (Å²) in [5, 5.41) is 0. The van der Waals surface area contributed by atoms with Gasteiger partial charge in [-0.1, -0.05) is 0 Å². The van der Waals surface area contributed by atoms with Gasteiger partial charge in [0.05, 0.1) is 0 Å². The van der Waals surface area contributed by atoms with Gasteiger partial charge in [-0.2, -0.15) is 0 Å². The molecule has 0 aromatic carbocycles. The summed E-state index contributed by atoms with van der Waals surface area (Å²) in [7, 11) is 0. The van der Waals surface area contributed by atoms with Gasteiger partial charge in [0.25, 0.3) is 0 Å². The molecule has 6 heavy (non-hydrogen) atoms. The molecule has 0 amide bonds. The van der Waals surface area contributed by atoms with Crippen LogP contribution in [0.4, 0.5) is 0 Å². The highest BCUT2D eigenvalue weighted by molar-refractivity contribution is 3.94. The monoisotopic (exact) mass is 99.1 g/mol. The van der Waals surface area contributed by atoms with Gasteiger partial charge in [-0.3, -0.25) is 0 Å². The third-order valence-corrected chi connectivity index (χ3v) is 0. The maximum absolute atomic E-state index is 4.62. The van der Waals surface area contributed by atoms with Gasteiger partial charge in [0.2, 0.25) is 0 Å². The summed E-state index contributed by atoms with van der Waals surface area (Å²) in [4.78, 5) is 0. The second kappa shape index (κ2) is 108. The van der Waals surface area contributed by atoms with Gasteiger partial charge in [-0.05, 0) is 0 Å². The van der Waals surface area contributed by atoms with E-state index in [1.165, 1.54) is 0 Å². The van der Waals surface area contributed by atoms with Crippen molar-refractivity contribution in [2.24, 2.45) is 11.5 Å². The fourth-order valence-corrected chi connectivity index (χ4v) is 0. The predicted octanol–water partition coefficient (Wildman–Crippen LogP) is -2.63. The van der Waals surface area contributed by atoms with Gasteiger partial charge < -0.3 is 28.6 Å². The van der Waals surface area contributed by atoms with E-state index < -0.39 is 0 Å². The fourth-order valence-electron chi connectivity index (χ4n) is 0. The van der Waals surface area contributed by atoms with Crippen LogP contribution < -0.4 is 17.6 Å². The lowest BCUT2D eigenvalue weighted by atomic mass is 11.3. The van der Waals surface area contributed by atoms with E-state index in [-0.39, 0.29) is 23.8 Å². The minimum atomic E-state index is 0. The van der Waals surface area contributed by atoms with E-state index in [1.807, 2.05) is 0 Å². The topological polar surface area (TPSA) is 150 Å². The molecule has 0 fully saturated rings. The first-order valence-corrected chi connectivity index (χ1v) is 0.816. The molecule has 0 spiro atoms. The van der Waals surface area contributed by atoms with Crippen LogP contribution >= 0.6 is 0 Å². The molecule has 0 aliphatic carbocycles. The highest BCUT2D eigenvalue weighted by Gasteiger charge is 1.29. The van der Waals surface area contributed by atoms with Crippen molar-refractivity contribution in [3.63, 3.8) is 0 Å². The van der Waals surface area contributed by atoms with E-state index >= 15 is 0 Å². The lowest BCUT2D eigenvalue weighted by Gasteiger charge is -1.56. The number of nitrogens with two attached hydrogens (primary N) is 2. The van der Waals surface area contributed by atoms with E-state index in [4.69, 9.17) is 0 Å². The van der Waals surface area contributed by atoms with Crippen LogP contribution in [-0.4, -0.2) is 17.6 Å². The van der Waals surface area contributed by atoms with Crippen molar-refractivity contribution in [1.82, 2.24) is 6.15 Å². The van der Waals surface area contributed by atoms with E-state index in [1.54, 1.807) is 0 Å². The van der Waals surface area contributed by atoms with Gasteiger partial charge in [-0.15, -0.1) is 0 Å². The van der Waals surface area contributed by atoms with Crippen molar-refractivity contribution >= 4 is 0 Å². The number of hydrogen-bond acceptors (Lipinski definition) is 3. The molecule has 0 aromatic rings. The average molecular weight is 99.1 g/mol. The molecule has 11 N–H and O–H groups in total. The Bertz CT molecular complexity index is 8.75. The van der Waals surface area contributed by atoms with Crippen molar-refractivity contribution in [1.29, 1.82) is 0 Å². The Kier molecular flexibility index (Phi) is 744. The summed E-state index contributed by atoms with van der Waals surface area (Å²) in [5.74, 6) is 0. The maximum atomic E-state index is 4.62. The van der Waals surface area contributed by atoms with Crippen molar-refractivity contribution in [3.8, 4) is 0 Å². The first-order valence-electron chi connectivity index (χ1n) is 0.816. The van der Waals surface area contributed by atoms with Crippen LogP contribution in [0.15, 0.2) is 0 Å². The summed E-state index contributed by atoms with van der Waals surface area (Å²) in [6.07, 6.45) is 0. The molecule has 0 aliphatic rings. The Hall–Kier alpha value is -0.200. The van der Waals surface area contributed by atoms with E-state index in [0.29, 0.717) is 0 Å². The lowest BCUT2D eigenvalue weighted by Crippen LogP contribution is -2.08. The Labute approximate surface area is 36.5 Å². The number of hydrogen-bond donors (Lipinski definition) is 3. The van der Waals surface area contributed by atoms with Crippen molar-refractivity contribution < 1.29 is 11.0 Å². The minimum absolute atomic E-state index is 0. The highest BCUT2D eigenvalue weighted by Crippen LogP contribution is 0.861. The zero-order valence-electron chi connectivity index (χ0n) is 3.57. The third-order valence-electron chi connectivity index (χ3n) is 0. The Balaban J connectivity index is -0.00000000667. The second-order valence-corrected chi connectivity index (χ2v) is 0.236. The highest BCUT2D eigenvalue weighted by atomic mass is 16.0. The molecule has 0 unspecified atom stereocenters. The van der Waals surface area contributed by atoms with Crippen LogP contribution in [0.25, 0.3) is 0 Å². The molecule has 0 saturated heterocycles. The lowest BCUT2D eigenvalue weighted by molar-refractivity contribution is 0.823. The quantitative estimate of drug-likeness (QED) is 0.285. The summed E-state index contributed by atoms with van der Waals surface area (Å²) in [6.45, 7) is 0.250. The van der Waals surface area contributed by atoms with Crippen LogP contribution in [0, 0.1) is 0 Å². The summed E-state index contributed by atoms with van der Waals surface area (Å²) >= 11 is 0. The molecular formula is CH13N3O2. The number of rotatable bonds is 0. The van der Waals surface area contributed by atoms with E-state index in [2.05, 4.69) is 11.5 Å². The van der Waals surface area contributed by atoms with Crippen LogP contribution in [0.3, 0.4) is 0 Å².